The highest BCUT2D eigenvalue weighted by Gasteiger charge is 2.23. The van der Waals surface area contributed by atoms with Crippen LogP contribution in [0.4, 0.5) is 0 Å². The summed E-state index contributed by atoms with van der Waals surface area (Å²) in [5.41, 5.74) is 0.909. The van der Waals surface area contributed by atoms with E-state index in [1.54, 1.807) is 19.6 Å². The van der Waals surface area contributed by atoms with Crippen molar-refractivity contribution in [2.45, 2.75) is 25.9 Å². The number of nitrogens with zero attached hydrogens (tertiary/aromatic N) is 2. The predicted molar refractivity (Wildman–Crippen MR) is 78.0 cm³/mol. The van der Waals surface area contributed by atoms with E-state index in [9.17, 15) is 0 Å². The Morgan fingerprint density at radius 3 is 3.05 bits per heavy atom. The lowest BCUT2D eigenvalue weighted by Crippen LogP contribution is -2.26. The van der Waals surface area contributed by atoms with Crippen molar-refractivity contribution in [3.63, 3.8) is 0 Å². The van der Waals surface area contributed by atoms with Gasteiger partial charge in [-0.05, 0) is 25.1 Å². The molecular weight excluding hydrogens is 278 g/mol. The topological polar surface area (TPSA) is 52.2 Å². The lowest BCUT2D eigenvalue weighted by molar-refractivity contribution is 0.181. The molecule has 0 spiro atoms. The summed E-state index contributed by atoms with van der Waals surface area (Å²) in [7, 11) is 1.67. The van der Waals surface area contributed by atoms with Gasteiger partial charge in [-0.25, -0.2) is 0 Å². The Kier molecular flexibility index (Phi) is 5.64. The number of hydrogen-bond acceptors (Lipinski definition) is 4. The van der Waals surface area contributed by atoms with Gasteiger partial charge >= 0.3 is 0 Å². The molecule has 2 aromatic rings. The van der Waals surface area contributed by atoms with Crippen molar-refractivity contribution in [2.75, 3.05) is 20.3 Å². The largest absolute Gasteiger partial charge is 0.467 e. The molecule has 0 saturated carbocycles. The van der Waals surface area contributed by atoms with Gasteiger partial charge in [-0.15, -0.1) is 0 Å². The molecule has 0 radical (unpaired) electrons. The molecule has 1 unspecified atom stereocenters. The average Bonchev–Trinajstić information content (AvgIpc) is 3.09. The molecule has 0 amide bonds. The normalized spacial score (nSPS) is 12.8. The Hall–Kier alpha value is -1.30. The monoisotopic (exact) mass is 297 g/mol. The van der Waals surface area contributed by atoms with Crippen LogP contribution in [0.3, 0.4) is 0 Å². The van der Waals surface area contributed by atoms with Crippen LogP contribution in [-0.2, 0) is 11.3 Å². The zero-order chi connectivity index (χ0) is 14.4. The van der Waals surface area contributed by atoms with Gasteiger partial charge in [-0.1, -0.05) is 18.5 Å². The minimum absolute atomic E-state index is 0.100. The first-order valence-corrected chi connectivity index (χ1v) is 7.12. The summed E-state index contributed by atoms with van der Waals surface area (Å²) in [6.07, 6.45) is 4.36. The fourth-order valence-corrected chi connectivity index (χ4v) is 2.34. The third kappa shape index (κ3) is 3.42. The Bertz CT molecular complexity index is 510. The predicted octanol–water partition coefficient (Wildman–Crippen LogP) is 2.86. The second kappa shape index (κ2) is 7.47. The number of hydrogen-bond donors (Lipinski definition) is 1. The van der Waals surface area contributed by atoms with Crippen LogP contribution in [0, 0.1) is 0 Å². The fourth-order valence-electron chi connectivity index (χ4n) is 2.09. The molecule has 5 nitrogen and oxygen atoms in total. The first-order valence-electron chi connectivity index (χ1n) is 6.74. The van der Waals surface area contributed by atoms with Crippen LogP contribution >= 0.6 is 11.6 Å². The number of ether oxygens (including phenoxy) is 1. The molecule has 0 aromatic carbocycles. The van der Waals surface area contributed by atoms with Gasteiger partial charge in [-0.2, -0.15) is 5.10 Å². The van der Waals surface area contributed by atoms with E-state index in [-0.39, 0.29) is 6.04 Å². The van der Waals surface area contributed by atoms with Crippen LogP contribution in [-0.4, -0.2) is 30.0 Å². The van der Waals surface area contributed by atoms with E-state index in [0.29, 0.717) is 18.2 Å². The lowest BCUT2D eigenvalue weighted by atomic mass is 10.1. The molecule has 6 heteroatoms. The second-order valence-electron chi connectivity index (χ2n) is 4.50. The molecule has 2 heterocycles. The van der Waals surface area contributed by atoms with Crippen molar-refractivity contribution in [3.05, 3.63) is 41.1 Å². The maximum absolute atomic E-state index is 6.31. The molecule has 0 fully saturated rings. The van der Waals surface area contributed by atoms with Crippen LogP contribution < -0.4 is 5.32 Å². The van der Waals surface area contributed by atoms with Crippen LogP contribution in [0.15, 0.2) is 29.0 Å². The molecule has 1 atom stereocenters. The highest BCUT2D eigenvalue weighted by atomic mass is 35.5. The maximum Gasteiger partial charge on any atom is 0.126 e. The smallest absolute Gasteiger partial charge is 0.126 e. The number of aromatic nitrogens is 2. The quantitative estimate of drug-likeness (QED) is 0.814. The van der Waals surface area contributed by atoms with Crippen LogP contribution in [0.2, 0.25) is 5.02 Å². The summed E-state index contributed by atoms with van der Waals surface area (Å²) >= 11 is 6.31. The van der Waals surface area contributed by atoms with E-state index in [0.717, 1.165) is 24.4 Å². The summed E-state index contributed by atoms with van der Waals surface area (Å²) in [5, 5.41) is 8.40. The van der Waals surface area contributed by atoms with Crippen molar-refractivity contribution in [1.29, 1.82) is 0 Å². The summed E-state index contributed by atoms with van der Waals surface area (Å²) < 4.78 is 12.5. The minimum Gasteiger partial charge on any atom is -0.467 e. The summed E-state index contributed by atoms with van der Waals surface area (Å²) in [6, 6.07) is 3.72. The number of nitrogens with one attached hydrogen (secondary N) is 1. The number of furan rings is 1. The molecule has 0 saturated heterocycles. The average molecular weight is 298 g/mol. The van der Waals surface area contributed by atoms with Gasteiger partial charge in [0.25, 0.3) is 0 Å². The van der Waals surface area contributed by atoms with Crippen LogP contribution in [0.25, 0.3) is 0 Å². The van der Waals surface area contributed by atoms with Crippen molar-refractivity contribution >= 4 is 11.6 Å². The van der Waals surface area contributed by atoms with Crippen molar-refractivity contribution in [1.82, 2.24) is 15.1 Å². The summed E-state index contributed by atoms with van der Waals surface area (Å²) in [5.74, 6) is 0.833. The van der Waals surface area contributed by atoms with Crippen LogP contribution in [0.5, 0.6) is 0 Å². The zero-order valence-electron chi connectivity index (χ0n) is 11.8. The van der Waals surface area contributed by atoms with E-state index in [2.05, 4.69) is 17.3 Å². The van der Waals surface area contributed by atoms with Gasteiger partial charge in [0.05, 0.1) is 36.3 Å². The fraction of sp³-hybridized carbons (Fsp3) is 0.500. The van der Waals surface area contributed by atoms with Gasteiger partial charge in [0, 0.05) is 7.11 Å². The van der Waals surface area contributed by atoms with Crippen molar-refractivity contribution < 1.29 is 9.15 Å². The molecule has 20 heavy (non-hydrogen) atoms. The van der Waals surface area contributed by atoms with Gasteiger partial charge in [0.15, 0.2) is 0 Å². The number of halogens is 1. The highest BCUT2D eigenvalue weighted by Crippen LogP contribution is 2.28. The highest BCUT2D eigenvalue weighted by molar-refractivity contribution is 6.31. The Labute approximate surface area is 123 Å². The van der Waals surface area contributed by atoms with Gasteiger partial charge in [0.2, 0.25) is 0 Å². The molecule has 0 bridgehead atoms. The zero-order valence-corrected chi connectivity index (χ0v) is 12.6. The van der Waals surface area contributed by atoms with E-state index < -0.39 is 0 Å². The van der Waals surface area contributed by atoms with Crippen LogP contribution in [0.1, 0.15) is 30.8 Å². The Balaban J connectivity index is 2.30. The van der Waals surface area contributed by atoms with E-state index in [1.165, 1.54) is 0 Å². The third-order valence-corrected chi connectivity index (χ3v) is 3.33. The molecule has 2 aromatic heterocycles. The Morgan fingerprint density at radius 1 is 1.55 bits per heavy atom. The SMILES string of the molecule is CCCNC(c1ccco1)c1c(Cl)cnn1CCOC. The second-order valence-corrected chi connectivity index (χ2v) is 4.90. The van der Waals surface area contributed by atoms with Gasteiger partial charge < -0.3 is 14.5 Å². The number of methoxy groups -OCH3 is 1. The third-order valence-electron chi connectivity index (χ3n) is 3.04. The van der Waals surface area contributed by atoms with Gasteiger partial charge in [-0.3, -0.25) is 4.68 Å². The summed E-state index contributed by atoms with van der Waals surface area (Å²) in [4.78, 5) is 0. The first-order chi connectivity index (χ1) is 9.77. The standard InChI is InChI=1S/C14H20ClN3O2/c1-3-6-16-13(12-5-4-8-20-12)14-11(15)10-17-18(14)7-9-19-2/h4-5,8,10,13,16H,3,6-7,9H2,1-2H3. The van der Waals surface area contributed by atoms with Crippen molar-refractivity contribution in [3.8, 4) is 0 Å². The molecule has 110 valence electrons. The van der Waals surface area contributed by atoms with E-state index in [4.69, 9.17) is 20.8 Å². The van der Waals surface area contributed by atoms with Gasteiger partial charge in [0.1, 0.15) is 11.8 Å². The molecule has 0 aliphatic carbocycles. The molecular formula is C14H20ClN3O2. The minimum atomic E-state index is -0.100. The molecule has 0 aliphatic heterocycles. The lowest BCUT2D eigenvalue weighted by Gasteiger charge is -2.18. The molecule has 2 rings (SSSR count). The maximum atomic E-state index is 6.31. The summed E-state index contributed by atoms with van der Waals surface area (Å²) in [6.45, 7) is 4.24. The van der Waals surface area contributed by atoms with E-state index in [1.807, 2.05) is 16.8 Å². The van der Waals surface area contributed by atoms with Crippen molar-refractivity contribution in [2.24, 2.45) is 0 Å². The first kappa shape index (κ1) is 15.1. The molecule has 0 aliphatic rings. The molecule has 1 N–H and O–H groups in total. The Morgan fingerprint density at radius 2 is 2.40 bits per heavy atom. The number of rotatable bonds is 8. The van der Waals surface area contributed by atoms with E-state index >= 15 is 0 Å².